The second-order valence-corrected chi connectivity index (χ2v) is 7.56. The number of ether oxygens (including phenoxy) is 1. The molecular weight excluding hydrogens is 278 g/mol. The Labute approximate surface area is 120 Å². The highest BCUT2D eigenvalue weighted by Crippen LogP contribution is 2.37. The number of hydrogen-bond acceptors (Lipinski definition) is 5. The summed E-state index contributed by atoms with van der Waals surface area (Å²) >= 11 is 0. The zero-order valence-corrected chi connectivity index (χ0v) is 13.3. The highest BCUT2D eigenvalue weighted by molar-refractivity contribution is 7.91. The molecular formula is C13H23N3O3S. The lowest BCUT2D eigenvalue weighted by atomic mass is 9.92. The van der Waals surface area contributed by atoms with Crippen LogP contribution < -0.4 is 10.1 Å². The average molecular weight is 301 g/mol. The van der Waals surface area contributed by atoms with Gasteiger partial charge in [-0.1, -0.05) is 6.92 Å². The molecule has 2 unspecified atom stereocenters. The summed E-state index contributed by atoms with van der Waals surface area (Å²) in [5.74, 6) is 1.30. The minimum Gasteiger partial charge on any atom is -0.481 e. The van der Waals surface area contributed by atoms with Gasteiger partial charge in [-0.3, -0.25) is 0 Å². The Morgan fingerprint density at radius 1 is 1.55 bits per heavy atom. The van der Waals surface area contributed by atoms with Crippen molar-refractivity contribution in [1.82, 2.24) is 15.1 Å². The van der Waals surface area contributed by atoms with Crippen LogP contribution in [0, 0.1) is 12.8 Å². The van der Waals surface area contributed by atoms with Gasteiger partial charge in [-0.05, 0) is 25.8 Å². The molecule has 0 radical (unpaired) electrons. The van der Waals surface area contributed by atoms with Gasteiger partial charge in [-0.25, -0.2) is 13.1 Å². The molecule has 0 spiro atoms. The van der Waals surface area contributed by atoms with Crippen molar-refractivity contribution in [2.75, 3.05) is 25.2 Å². The minimum absolute atomic E-state index is 0.0269. The summed E-state index contributed by atoms with van der Waals surface area (Å²) in [4.78, 5) is 0. The van der Waals surface area contributed by atoms with Crippen molar-refractivity contribution in [3.8, 4) is 5.88 Å². The molecule has 6 nitrogen and oxygen atoms in total. The number of aromatic nitrogens is 2. The van der Waals surface area contributed by atoms with Crippen LogP contribution in [0.3, 0.4) is 0 Å². The summed E-state index contributed by atoms with van der Waals surface area (Å²) < 4.78 is 30.6. The van der Waals surface area contributed by atoms with Gasteiger partial charge in [0, 0.05) is 13.1 Å². The van der Waals surface area contributed by atoms with Crippen LogP contribution in [0.5, 0.6) is 5.88 Å². The molecule has 2 rings (SSSR count). The summed E-state index contributed by atoms with van der Waals surface area (Å²) in [6.45, 7) is 4.74. The third-order valence-corrected chi connectivity index (χ3v) is 5.68. The standard InChI is InChI=1S/C13H23N3O3S/c1-5-14-12(10-6-7-20(17,18)8-10)11-9(2)15-16(3)13(11)19-4/h10,12,14H,5-8H2,1-4H3. The van der Waals surface area contributed by atoms with E-state index in [2.05, 4.69) is 10.4 Å². The first-order valence-corrected chi connectivity index (χ1v) is 8.73. The summed E-state index contributed by atoms with van der Waals surface area (Å²) in [7, 11) is 0.556. The summed E-state index contributed by atoms with van der Waals surface area (Å²) in [6, 6.07) is -0.0269. The predicted octanol–water partition coefficient (Wildman–Crippen LogP) is 0.822. The fourth-order valence-electron chi connectivity index (χ4n) is 3.06. The normalized spacial score (nSPS) is 22.9. The van der Waals surface area contributed by atoms with Gasteiger partial charge in [0.2, 0.25) is 5.88 Å². The molecule has 1 aliphatic heterocycles. The van der Waals surface area contributed by atoms with Gasteiger partial charge in [-0.2, -0.15) is 5.10 Å². The maximum absolute atomic E-state index is 11.7. The number of nitrogens with one attached hydrogen (secondary N) is 1. The van der Waals surface area contributed by atoms with Gasteiger partial charge in [0.15, 0.2) is 9.84 Å². The molecule has 0 saturated carbocycles. The maximum Gasteiger partial charge on any atom is 0.216 e. The largest absolute Gasteiger partial charge is 0.481 e. The topological polar surface area (TPSA) is 73.2 Å². The Bertz CT molecular complexity index is 580. The Morgan fingerprint density at radius 3 is 2.75 bits per heavy atom. The van der Waals surface area contributed by atoms with E-state index in [0.717, 1.165) is 17.8 Å². The van der Waals surface area contributed by atoms with Gasteiger partial charge in [0.1, 0.15) is 0 Å². The zero-order valence-electron chi connectivity index (χ0n) is 12.5. The molecule has 114 valence electrons. The van der Waals surface area contributed by atoms with Gasteiger partial charge >= 0.3 is 0 Å². The van der Waals surface area contributed by atoms with E-state index >= 15 is 0 Å². The van der Waals surface area contributed by atoms with E-state index < -0.39 is 9.84 Å². The molecule has 0 aliphatic carbocycles. The van der Waals surface area contributed by atoms with Crippen LogP contribution in [0.25, 0.3) is 0 Å². The first kappa shape index (κ1) is 15.3. The van der Waals surface area contributed by atoms with Crippen molar-refractivity contribution in [2.24, 2.45) is 13.0 Å². The van der Waals surface area contributed by atoms with Crippen molar-refractivity contribution in [1.29, 1.82) is 0 Å². The molecule has 7 heteroatoms. The molecule has 1 N–H and O–H groups in total. The summed E-state index contributed by atoms with van der Waals surface area (Å²) in [6.07, 6.45) is 0.692. The van der Waals surface area contributed by atoms with Crippen LogP contribution in [0.4, 0.5) is 0 Å². The van der Waals surface area contributed by atoms with Gasteiger partial charge in [0.05, 0.1) is 29.9 Å². The molecule has 1 aromatic heterocycles. The first-order valence-electron chi connectivity index (χ1n) is 6.91. The molecule has 2 heterocycles. The number of rotatable bonds is 5. The molecule has 20 heavy (non-hydrogen) atoms. The van der Waals surface area contributed by atoms with Crippen molar-refractivity contribution in [3.63, 3.8) is 0 Å². The van der Waals surface area contributed by atoms with E-state index in [9.17, 15) is 8.42 Å². The molecule has 1 fully saturated rings. The average Bonchev–Trinajstić information content (AvgIpc) is 2.86. The van der Waals surface area contributed by atoms with Gasteiger partial charge in [0.25, 0.3) is 0 Å². The number of sulfone groups is 1. The Kier molecular flexibility index (Phi) is 4.39. The fraction of sp³-hybridized carbons (Fsp3) is 0.769. The van der Waals surface area contributed by atoms with Gasteiger partial charge in [-0.15, -0.1) is 0 Å². The van der Waals surface area contributed by atoms with E-state index in [4.69, 9.17) is 4.74 Å². The van der Waals surface area contributed by atoms with Crippen molar-refractivity contribution in [3.05, 3.63) is 11.3 Å². The molecule has 1 aromatic rings. The van der Waals surface area contributed by atoms with Crippen LogP contribution in [-0.2, 0) is 16.9 Å². The van der Waals surface area contributed by atoms with E-state index in [1.165, 1.54) is 0 Å². The molecule has 0 bridgehead atoms. The highest BCUT2D eigenvalue weighted by atomic mass is 32.2. The maximum atomic E-state index is 11.7. The Morgan fingerprint density at radius 2 is 2.25 bits per heavy atom. The van der Waals surface area contributed by atoms with Crippen LogP contribution in [0.1, 0.15) is 30.6 Å². The smallest absolute Gasteiger partial charge is 0.216 e. The first-order chi connectivity index (χ1) is 9.39. The van der Waals surface area contributed by atoms with E-state index in [0.29, 0.717) is 12.3 Å². The van der Waals surface area contributed by atoms with Crippen molar-refractivity contribution < 1.29 is 13.2 Å². The lowest BCUT2D eigenvalue weighted by molar-refractivity contribution is 0.344. The third-order valence-electron chi connectivity index (χ3n) is 3.88. The van der Waals surface area contributed by atoms with E-state index in [1.54, 1.807) is 11.8 Å². The number of methoxy groups -OCH3 is 1. The Hall–Kier alpha value is -1.08. The van der Waals surface area contributed by atoms with Crippen molar-refractivity contribution >= 4 is 9.84 Å². The van der Waals surface area contributed by atoms with Gasteiger partial charge < -0.3 is 10.1 Å². The molecule has 1 aliphatic rings. The molecule has 0 aromatic carbocycles. The summed E-state index contributed by atoms with van der Waals surface area (Å²) in [5.41, 5.74) is 1.87. The predicted molar refractivity (Wildman–Crippen MR) is 77.7 cm³/mol. The second-order valence-electron chi connectivity index (χ2n) is 5.33. The van der Waals surface area contributed by atoms with Crippen LogP contribution in [0.15, 0.2) is 0 Å². The van der Waals surface area contributed by atoms with Crippen LogP contribution >= 0.6 is 0 Å². The SMILES string of the molecule is CCNC(c1c(C)nn(C)c1OC)C1CCS(=O)(=O)C1. The molecule has 0 amide bonds. The van der Waals surface area contributed by atoms with Crippen LogP contribution in [0.2, 0.25) is 0 Å². The number of aryl methyl sites for hydroxylation is 2. The lowest BCUT2D eigenvalue weighted by Gasteiger charge is -2.24. The Balaban J connectivity index is 2.39. The quantitative estimate of drug-likeness (QED) is 0.872. The number of hydrogen-bond donors (Lipinski definition) is 1. The van der Waals surface area contributed by atoms with E-state index in [1.807, 2.05) is 20.9 Å². The fourth-order valence-corrected chi connectivity index (χ4v) is 4.90. The molecule has 2 atom stereocenters. The lowest BCUT2D eigenvalue weighted by Crippen LogP contribution is -2.29. The second kappa shape index (κ2) is 5.73. The minimum atomic E-state index is -2.90. The van der Waals surface area contributed by atoms with Crippen LogP contribution in [-0.4, -0.2) is 43.4 Å². The molecule has 1 saturated heterocycles. The number of nitrogens with zero attached hydrogens (tertiary/aromatic N) is 2. The monoisotopic (exact) mass is 301 g/mol. The zero-order chi connectivity index (χ0) is 14.9. The van der Waals surface area contributed by atoms with E-state index in [-0.39, 0.29) is 23.5 Å². The van der Waals surface area contributed by atoms with Crippen molar-refractivity contribution in [2.45, 2.75) is 26.3 Å². The summed E-state index contributed by atoms with van der Waals surface area (Å²) in [5, 5.41) is 7.80. The third kappa shape index (κ3) is 2.83. The highest BCUT2D eigenvalue weighted by Gasteiger charge is 2.37.